The second kappa shape index (κ2) is 13.1. The Hall–Kier alpha value is -3.13. The SMILES string of the molecule is CCC[C@@H](Oc1ccc(C)cc1Cl)[C@H](C)OC(=O)[C@H](C)CC(=O)c1nccc(OC)c1OC(C)=O. The van der Waals surface area contributed by atoms with Gasteiger partial charge in [-0.25, -0.2) is 4.98 Å². The number of Topliss-reactive ketones (excluding diaryl/α,β-unsaturated/α-hetero) is 1. The third-order valence-electron chi connectivity index (χ3n) is 5.26. The number of carbonyl (C=O) groups excluding carboxylic acids is 3. The molecule has 0 saturated carbocycles. The predicted octanol–water partition coefficient (Wildman–Crippen LogP) is 5.37. The number of ketones is 1. The molecule has 0 radical (unpaired) electrons. The highest BCUT2D eigenvalue weighted by atomic mass is 35.5. The maximum Gasteiger partial charge on any atom is 0.309 e. The minimum atomic E-state index is -0.770. The van der Waals surface area contributed by atoms with Gasteiger partial charge in [0.1, 0.15) is 18.0 Å². The molecule has 3 atom stereocenters. The Bertz CT molecular complexity index is 1060. The van der Waals surface area contributed by atoms with E-state index in [0.29, 0.717) is 17.2 Å². The van der Waals surface area contributed by atoms with Gasteiger partial charge in [-0.1, -0.05) is 37.9 Å². The van der Waals surface area contributed by atoms with Crippen LogP contribution in [0.5, 0.6) is 17.2 Å². The van der Waals surface area contributed by atoms with E-state index in [1.54, 1.807) is 26.0 Å². The fourth-order valence-corrected chi connectivity index (χ4v) is 3.68. The fourth-order valence-electron chi connectivity index (χ4n) is 3.40. The Balaban J connectivity index is 2.09. The topological polar surface area (TPSA) is 101 Å². The third-order valence-corrected chi connectivity index (χ3v) is 5.55. The molecule has 1 aromatic carbocycles. The number of methoxy groups -OCH3 is 1. The van der Waals surface area contributed by atoms with Gasteiger partial charge < -0.3 is 18.9 Å². The second-order valence-electron chi connectivity index (χ2n) is 8.33. The van der Waals surface area contributed by atoms with Gasteiger partial charge in [-0.2, -0.15) is 0 Å². The van der Waals surface area contributed by atoms with E-state index >= 15 is 0 Å². The fraction of sp³-hybridized carbons (Fsp3) is 0.462. The molecule has 0 saturated heterocycles. The molecule has 0 bridgehead atoms. The minimum absolute atomic E-state index is 0.0761. The molecule has 190 valence electrons. The number of hydrogen-bond acceptors (Lipinski definition) is 8. The zero-order valence-corrected chi connectivity index (χ0v) is 21.7. The maximum absolute atomic E-state index is 12.9. The lowest BCUT2D eigenvalue weighted by Gasteiger charge is -2.26. The van der Waals surface area contributed by atoms with Crippen molar-refractivity contribution in [3.63, 3.8) is 0 Å². The Labute approximate surface area is 210 Å². The largest absolute Gasteiger partial charge is 0.493 e. The summed E-state index contributed by atoms with van der Waals surface area (Å²) in [7, 11) is 1.39. The van der Waals surface area contributed by atoms with Gasteiger partial charge >= 0.3 is 11.9 Å². The van der Waals surface area contributed by atoms with Crippen LogP contribution in [0.1, 0.15) is 63.0 Å². The summed E-state index contributed by atoms with van der Waals surface area (Å²) in [6.45, 7) is 8.48. The summed E-state index contributed by atoms with van der Waals surface area (Å²) in [5, 5.41) is 0.484. The quantitative estimate of drug-likeness (QED) is 0.280. The number of carbonyl (C=O) groups is 3. The van der Waals surface area contributed by atoms with E-state index in [9.17, 15) is 14.4 Å². The zero-order chi connectivity index (χ0) is 26.1. The first-order chi connectivity index (χ1) is 16.6. The lowest BCUT2D eigenvalue weighted by Crippen LogP contribution is -2.35. The smallest absolute Gasteiger partial charge is 0.309 e. The molecule has 8 nitrogen and oxygen atoms in total. The molecule has 2 aromatic rings. The van der Waals surface area contributed by atoms with Crippen molar-refractivity contribution in [1.82, 2.24) is 4.98 Å². The number of nitrogens with zero attached hydrogens (tertiary/aromatic N) is 1. The monoisotopic (exact) mass is 505 g/mol. The number of esters is 2. The number of benzene rings is 1. The molecule has 0 aliphatic heterocycles. The van der Waals surface area contributed by atoms with Crippen molar-refractivity contribution in [3.05, 3.63) is 46.7 Å². The van der Waals surface area contributed by atoms with Crippen LogP contribution in [0.2, 0.25) is 5.02 Å². The first-order valence-corrected chi connectivity index (χ1v) is 11.8. The van der Waals surface area contributed by atoms with Gasteiger partial charge in [0.15, 0.2) is 17.2 Å². The van der Waals surface area contributed by atoms with E-state index in [4.69, 9.17) is 30.5 Å². The normalized spacial score (nSPS) is 13.3. The lowest BCUT2D eigenvalue weighted by atomic mass is 10.0. The van der Waals surface area contributed by atoms with Crippen LogP contribution in [0.15, 0.2) is 30.5 Å². The Morgan fingerprint density at radius 2 is 1.83 bits per heavy atom. The Morgan fingerprint density at radius 3 is 2.43 bits per heavy atom. The van der Waals surface area contributed by atoms with Crippen molar-refractivity contribution in [3.8, 4) is 17.2 Å². The van der Waals surface area contributed by atoms with E-state index < -0.39 is 35.8 Å². The van der Waals surface area contributed by atoms with Gasteiger partial charge in [0, 0.05) is 25.6 Å². The van der Waals surface area contributed by atoms with Crippen molar-refractivity contribution in [1.29, 1.82) is 0 Å². The number of rotatable bonds is 12. The van der Waals surface area contributed by atoms with Crippen LogP contribution in [0.25, 0.3) is 0 Å². The van der Waals surface area contributed by atoms with Gasteiger partial charge in [0.05, 0.1) is 18.1 Å². The molecular formula is C26H32ClNO7. The first kappa shape index (κ1) is 28.1. The van der Waals surface area contributed by atoms with Crippen LogP contribution >= 0.6 is 11.6 Å². The third kappa shape index (κ3) is 7.96. The average molecular weight is 506 g/mol. The molecule has 0 amide bonds. The van der Waals surface area contributed by atoms with Crippen LogP contribution < -0.4 is 14.2 Å². The summed E-state index contributed by atoms with van der Waals surface area (Å²) in [6.07, 6.45) is 1.64. The van der Waals surface area contributed by atoms with Gasteiger partial charge in [-0.15, -0.1) is 0 Å². The van der Waals surface area contributed by atoms with Crippen molar-refractivity contribution in [2.75, 3.05) is 7.11 Å². The highest BCUT2D eigenvalue weighted by Crippen LogP contribution is 2.31. The Morgan fingerprint density at radius 1 is 1.11 bits per heavy atom. The number of pyridine rings is 1. The van der Waals surface area contributed by atoms with Gasteiger partial charge in [-0.05, 0) is 38.0 Å². The summed E-state index contributed by atoms with van der Waals surface area (Å²) in [5.74, 6) is -1.79. The standard InChI is InChI=1S/C26H32ClNO7/c1-7-8-21(35-22-10-9-15(2)13-19(22)27)17(4)33-26(31)16(3)14-20(30)24-25(34-18(5)29)23(32-6)11-12-28-24/h9-13,16-17,21H,7-8,14H2,1-6H3/t16-,17+,21-/m1/s1. The lowest BCUT2D eigenvalue weighted by molar-refractivity contribution is -0.157. The molecule has 1 heterocycles. The average Bonchev–Trinajstić information content (AvgIpc) is 2.79. The highest BCUT2D eigenvalue weighted by Gasteiger charge is 2.29. The number of ether oxygens (including phenoxy) is 4. The Kier molecular flexibility index (Phi) is 10.5. The minimum Gasteiger partial charge on any atom is -0.493 e. The summed E-state index contributed by atoms with van der Waals surface area (Å²) < 4.78 is 22.0. The number of aromatic nitrogens is 1. The number of hydrogen-bond donors (Lipinski definition) is 0. The molecule has 0 spiro atoms. The van der Waals surface area contributed by atoms with Crippen LogP contribution in [-0.2, 0) is 14.3 Å². The first-order valence-electron chi connectivity index (χ1n) is 11.4. The highest BCUT2D eigenvalue weighted by molar-refractivity contribution is 6.32. The van der Waals surface area contributed by atoms with E-state index in [1.807, 2.05) is 19.9 Å². The predicted molar refractivity (Wildman–Crippen MR) is 131 cm³/mol. The van der Waals surface area contributed by atoms with Crippen LogP contribution in [0.3, 0.4) is 0 Å². The maximum atomic E-state index is 12.9. The molecule has 0 aliphatic carbocycles. The van der Waals surface area contributed by atoms with Crippen molar-refractivity contribution in [2.24, 2.45) is 5.92 Å². The molecule has 0 aliphatic rings. The second-order valence-corrected chi connectivity index (χ2v) is 8.74. The summed E-state index contributed by atoms with van der Waals surface area (Å²) in [4.78, 5) is 41.2. The van der Waals surface area contributed by atoms with Crippen molar-refractivity contribution < 1.29 is 33.3 Å². The molecule has 1 aromatic heterocycles. The van der Waals surface area contributed by atoms with Gasteiger partial charge in [0.2, 0.25) is 5.75 Å². The number of halogens is 1. The van der Waals surface area contributed by atoms with E-state index in [1.165, 1.54) is 26.3 Å². The summed E-state index contributed by atoms with van der Waals surface area (Å²) >= 11 is 6.30. The van der Waals surface area contributed by atoms with Crippen LogP contribution in [0.4, 0.5) is 0 Å². The van der Waals surface area contributed by atoms with E-state index in [-0.39, 0.29) is 23.6 Å². The van der Waals surface area contributed by atoms with Crippen LogP contribution in [0, 0.1) is 12.8 Å². The van der Waals surface area contributed by atoms with Crippen LogP contribution in [-0.4, -0.2) is 42.0 Å². The van der Waals surface area contributed by atoms with Gasteiger partial charge in [0.25, 0.3) is 0 Å². The van der Waals surface area contributed by atoms with Crippen molar-refractivity contribution in [2.45, 2.75) is 66.1 Å². The molecular weight excluding hydrogens is 474 g/mol. The van der Waals surface area contributed by atoms with Gasteiger partial charge in [-0.3, -0.25) is 14.4 Å². The zero-order valence-electron chi connectivity index (χ0n) is 20.9. The molecule has 2 rings (SSSR count). The molecule has 0 fully saturated rings. The van der Waals surface area contributed by atoms with E-state index in [2.05, 4.69) is 4.98 Å². The molecule has 0 N–H and O–H groups in total. The summed E-state index contributed by atoms with van der Waals surface area (Å²) in [6, 6.07) is 6.97. The molecule has 35 heavy (non-hydrogen) atoms. The van der Waals surface area contributed by atoms with Crippen molar-refractivity contribution >= 4 is 29.3 Å². The molecule has 9 heteroatoms. The molecule has 0 unspecified atom stereocenters. The number of aryl methyl sites for hydroxylation is 1. The summed E-state index contributed by atoms with van der Waals surface area (Å²) in [5.41, 5.74) is 0.920. The van der Waals surface area contributed by atoms with E-state index in [0.717, 1.165) is 12.0 Å².